The second-order valence-corrected chi connectivity index (χ2v) is 20.0. The summed E-state index contributed by atoms with van der Waals surface area (Å²) >= 11 is -6.14. The van der Waals surface area contributed by atoms with E-state index in [0.29, 0.717) is 62.5 Å². The number of H-pyrrole nitrogens is 1. The van der Waals surface area contributed by atoms with E-state index in [2.05, 4.69) is 4.98 Å². The molecule has 0 aromatic carbocycles. The van der Waals surface area contributed by atoms with Crippen LogP contribution in [0.5, 0.6) is 0 Å². The van der Waals surface area contributed by atoms with Gasteiger partial charge in [0.05, 0.1) is 7.11 Å². The molecule has 0 atom stereocenters. The molecule has 0 radical (unpaired) electrons. The van der Waals surface area contributed by atoms with Crippen molar-refractivity contribution in [1.82, 2.24) is 17.7 Å². The van der Waals surface area contributed by atoms with Gasteiger partial charge in [0, 0.05) is 0 Å². The first kappa shape index (κ1) is 42.3. The van der Waals surface area contributed by atoms with Gasteiger partial charge >= 0.3 is 315 Å². The number of rotatable bonds is 13. The number of aryl methyl sites for hydroxylation is 4. The van der Waals surface area contributed by atoms with Crippen LogP contribution in [-0.4, -0.2) is 89.9 Å². The van der Waals surface area contributed by atoms with Gasteiger partial charge in [-0.05, 0) is 0 Å². The number of aromatic amines is 1. The third-order valence-corrected chi connectivity index (χ3v) is 14.2. The molecular formula is C41H48F2N4O8Sn. The summed E-state index contributed by atoms with van der Waals surface area (Å²) in [5.41, 5.74) is 9.58. The molecule has 12 nitrogen and oxygen atoms in total. The molecule has 0 amide bonds. The molecule has 5 heterocycles. The number of hydrogen-bond donors (Lipinski definition) is 1. The van der Waals surface area contributed by atoms with Gasteiger partial charge in [-0.2, -0.15) is 0 Å². The summed E-state index contributed by atoms with van der Waals surface area (Å²) in [6.45, 7) is 7.43. The van der Waals surface area contributed by atoms with Gasteiger partial charge in [0.25, 0.3) is 0 Å². The van der Waals surface area contributed by atoms with Crippen molar-refractivity contribution in [2.45, 2.75) is 84.0 Å². The Morgan fingerprint density at radius 3 is 1.48 bits per heavy atom. The minimum absolute atomic E-state index is 0.0386. The molecule has 5 rings (SSSR count). The molecule has 0 saturated heterocycles. The van der Waals surface area contributed by atoms with Crippen molar-refractivity contribution < 1.29 is 43.9 Å². The summed E-state index contributed by atoms with van der Waals surface area (Å²) in [5.74, 6) is -1.69. The van der Waals surface area contributed by atoms with Crippen LogP contribution in [0, 0.1) is 13.8 Å². The van der Waals surface area contributed by atoms with E-state index in [1.165, 1.54) is 28.4 Å². The summed E-state index contributed by atoms with van der Waals surface area (Å²) in [7, 11) is 5.25. The molecular weight excluding hydrogens is 833 g/mol. The monoisotopic (exact) mass is 882 g/mol. The van der Waals surface area contributed by atoms with Crippen molar-refractivity contribution in [2.75, 3.05) is 28.4 Å². The Morgan fingerprint density at radius 1 is 0.589 bits per heavy atom. The SMILES string of the molecule is COC(=O)CCC1=C(C)c2cc3c(CCC(=O)OC)c(C)c(cc4nc(cc5[nH]c(cc1n2)c(CCC(=O)OC)c5C)C(C)=C4CCC(=O)OC)[n]3[Sn]([CH3])([F])[F]. The molecule has 0 spiro atoms. The van der Waals surface area contributed by atoms with E-state index in [4.69, 9.17) is 28.9 Å². The van der Waals surface area contributed by atoms with Crippen molar-refractivity contribution in [3.05, 3.63) is 69.3 Å². The maximum absolute atomic E-state index is 16.3. The fraction of sp³-hybridized carbons (Fsp3) is 0.415. The molecule has 2 aliphatic rings. The number of carbonyl (C=O) groups excluding carboxylic acids is 4. The molecule has 1 N–H and O–H groups in total. The molecule has 56 heavy (non-hydrogen) atoms. The maximum atomic E-state index is 16.3. The van der Waals surface area contributed by atoms with E-state index < -0.39 is 37.7 Å². The van der Waals surface area contributed by atoms with E-state index in [1.54, 1.807) is 19.1 Å². The third kappa shape index (κ3) is 8.90. The average molecular weight is 882 g/mol. The predicted octanol–water partition coefficient (Wildman–Crippen LogP) is 7.74. The Kier molecular flexibility index (Phi) is 13.2. The molecule has 2 aliphatic heterocycles. The Bertz CT molecular complexity index is 2330. The van der Waals surface area contributed by atoms with Crippen molar-refractivity contribution in [1.29, 1.82) is 0 Å². The van der Waals surface area contributed by atoms with Gasteiger partial charge in [-0.25, -0.2) is 0 Å². The number of allylic oxidation sites excluding steroid dienone is 4. The third-order valence-electron chi connectivity index (χ3n) is 10.6. The van der Waals surface area contributed by atoms with Crippen molar-refractivity contribution in [2.24, 2.45) is 0 Å². The van der Waals surface area contributed by atoms with E-state index >= 15 is 5.73 Å². The zero-order valence-corrected chi connectivity index (χ0v) is 36.2. The second kappa shape index (κ2) is 17.5. The molecule has 15 heteroatoms. The summed E-state index contributed by atoms with van der Waals surface area (Å²) in [5, 5.41) is 0. The summed E-state index contributed by atoms with van der Waals surface area (Å²) in [6, 6.07) is 7.04. The molecule has 0 saturated carbocycles. The molecule has 0 aliphatic carbocycles. The van der Waals surface area contributed by atoms with Crippen LogP contribution in [0.3, 0.4) is 0 Å². The predicted molar refractivity (Wildman–Crippen MR) is 211 cm³/mol. The molecule has 3 aromatic heterocycles. The Labute approximate surface area is 330 Å². The number of ether oxygens (including phenoxy) is 4. The fourth-order valence-corrected chi connectivity index (χ4v) is 11.0. The number of aromatic nitrogens is 4. The van der Waals surface area contributed by atoms with E-state index in [-0.39, 0.29) is 61.9 Å². The first-order valence-corrected chi connectivity index (χ1v) is 24.6. The van der Waals surface area contributed by atoms with Gasteiger partial charge in [-0.3, -0.25) is 4.79 Å². The van der Waals surface area contributed by atoms with E-state index in [9.17, 15) is 19.2 Å². The zero-order chi connectivity index (χ0) is 41.1. The number of carbonyl (C=O) groups is 4. The fourth-order valence-electron chi connectivity index (χ4n) is 7.37. The number of methoxy groups -OCH3 is 4. The van der Waals surface area contributed by atoms with Crippen LogP contribution in [0.1, 0.15) is 97.4 Å². The summed E-state index contributed by atoms with van der Waals surface area (Å²) < 4.78 is 53.6. The first-order valence-electron chi connectivity index (χ1n) is 18.3. The van der Waals surface area contributed by atoms with Gasteiger partial charge in [0.2, 0.25) is 0 Å². The van der Waals surface area contributed by atoms with Gasteiger partial charge in [0.15, 0.2) is 0 Å². The summed E-state index contributed by atoms with van der Waals surface area (Å²) in [6.07, 6.45) is 1.19. The Hall–Kier alpha value is -4.86. The van der Waals surface area contributed by atoms with Gasteiger partial charge in [-0.15, -0.1) is 0 Å². The zero-order valence-electron chi connectivity index (χ0n) is 33.3. The Balaban J connectivity index is 1.99. The summed E-state index contributed by atoms with van der Waals surface area (Å²) in [4.78, 5) is 64.0. The van der Waals surface area contributed by atoms with Gasteiger partial charge < -0.3 is 4.74 Å². The molecule has 0 fully saturated rings. The number of halogens is 2. The van der Waals surface area contributed by atoms with Crippen molar-refractivity contribution >= 4 is 88.0 Å². The number of nitrogens with one attached hydrogen (secondary N) is 1. The Morgan fingerprint density at radius 2 is 1.00 bits per heavy atom. The minimum atomic E-state index is -6.14. The van der Waals surface area contributed by atoms with Crippen LogP contribution in [-0.2, 0) is 51.0 Å². The van der Waals surface area contributed by atoms with Crippen LogP contribution in [0.4, 0.5) is 5.73 Å². The van der Waals surface area contributed by atoms with Crippen LogP contribution < -0.4 is 0 Å². The molecule has 298 valence electrons. The van der Waals surface area contributed by atoms with Crippen molar-refractivity contribution in [3.8, 4) is 0 Å². The number of fused-ring (bicyclic) bond motifs is 8. The van der Waals surface area contributed by atoms with Gasteiger partial charge in [0.1, 0.15) is 0 Å². The van der Waals surface area contributed by atoms with Crippen LogP contribution in [0.2, 0.25) is 4.94 Å². The van der Waals surface area contributed by atoms with Gasteiger partial charge in [-0.1, -0.05) is 0 Å². The normalized spacial score (nSPS) is 12.9. The van der Waals surface area contributed by atoms with Crippen LogP contribution >= 0.6 is 0 Å². The quantitative estimate of drug-likeness (QED) is 0.103. The number of hydrogen-bond acceptors (Lipinski definition) is 10. The average Bonchev–Trinajstić information content (AvgIpc) is 3.81. The molecule has 0 unspecified atom stereocenters. The van der Waals surface area contributed by atoms with Crippen LogP contribution in [0.25, 0.3) is 44.4 Å². The molecule has 3 aromatic rings. The number of nitrogens with zero attached hydrogens (tertiary/aromatic N) is 3. The topological polar surface area (TPSA) is 152 Å². The second-order valence-electron chi connectivity index (χ2n) is 14.0. The van der Waals surface area contributed by atoms with Crippen molar-refractivity contribution in [3.63, 3.8) is 0 Å². The standard InChI is InChI=1S/C40H45N4O8.CH3.2FH.Sn/c1-21-25(9-13-37(45)49-5)33-18-31-23(3)26(10-14-38(46)50-6)34(43-31)19-32-24(4)28(12-16-40(48)52-8)36(44-32)20-35-27(11-15-39(47)51-7)22(2)30(42-35)17-29(21)41-33;;;;/h17-20H,9-16H2,1-8H3,(H-,41,42,43,44);1H3;2*1H;/q-1;;;;+3/p-2. The number of esters is 4. The van der Waals surface area contributed by atoms with Crippen LogP contribution in [0.15, 0.2) is 24.3 Å². The first-order chi connectivity index (χ1) is 26.5. The molecule has 8 bridgehead atoms. The van der Waals surface area contributed by atoms with E-state index in [1.807, 2.05) is 32.9 Å². The van der Waals surface area contributed by atoms with E-state index in [0.717, 1.165) is 30.0 Å².